The van der Waals surface area contributed by atoms with Gasteiger partial charge in [-0.3, -0.25) is 0 Å². The van der Waals surface area contributed by atoms with Crippen LogP contribution in [0.2, 0.25) is 0 Å². The Kier molecular flexibility index (Phi) is 81.6. The van der Waals surface area contributed by atoms with Gasteiger partial charge >= 0.3 is 0 Å². The van der Waals surface area contributed by atoms with Crippen molar-refractivity contribution in [3.05, 3.63) is 0 Å². The van der Waals surface area contributed by atoms with Gasteiger partial charge in [0, 0.05) is 0 Å². The minimum Gasteiger partial charge on any atom is -0.0683 e. The van der Waals surface area contributed by atoms with E-state index in [9.17, 15) is 0 Å². The predicted molar refractivity (Wildman–Crippen MR) is 103 cm³/mol. The quantitative estimate of drug-likeness (QED) is 0.474. The molecule has 0 aliphatic carbocycles. The zero-order chi connectivity index (χ0) is 17.2. The highest BCUT2D eigenvalue weighted by atomic mass is 14.0. The molecule has 0 rings (SSSR count). The van der Waals surface area contributed by atoms with Crippen molar-refractivity contribution in [2.24, 2.45) is 5.92 Å². The van der Waals surface area contributed by atoms with Crippen LogP contribution >= 0.6 is 0 Å². The molecule has 0 amide bonds. The van der Waals surface area contributed by atoms with Crippen LogP contribution in [0.3, 0.4) is 0 Å². The van der Waals surface area contributed by atoms with E-state index in [-0.39, 0.29) is 0 Å². The lowest BCUT2D eigenvalue weighted by molar-refractivity contribution is 0.492. The lowest BCUT2D eigenvalue weighted by Gasteiger charge is -2.04. The molecule has 0 N–H and O–H groups in total. The number of unbranched alkanes of at least 4 members (excludes halogenated alkanes) is 2. The third-order valence-electron chi connectivity index (χ3n) is 2.25. The van der Waals surface area contributed by atoms with Crippen LogP contribution in [0, 0.1) is 5.92 Å². The Labute approximate surface area is 134 Å². The van der Waals surface area contributed by atoms with Crippen LogP contribution in [0.1, 0.15) is 128 Å². The van der Waals surface area contributed by atoms with Gasteiger partial charge in [0.25, 0.3) is 0 Å². The highest BCUT2D eigenvalue weighted by Gasteiger charge is 1.94. The Morgan fingerprint density at radius 2 is 0.900 bits per heavy atom. The van der Waals surface area contributed by atoms with Gasteiger partial charge in [-0.1, -0.05) is 128 Å². The minimum atomic E-state index is 0.954. The van der Waals surface area contributed by atoms with Crippen LogP contribution in [-0.2, 0) is 0 Å². The second-order valence-electron chi connectivity index (χ2n) is 5.07. The summed E-state index contributed by atoms with van der Waals surface area (Å²) in [6.07, 6.45) is 10.7. The average molecular weight is 291 g/mol. The van der Waals surface area contributed by atoms with Gasteiger partial charge in [-0.2, -0.15) is 0 Å². The van der Waals surface area contributed by atoms with Crippen LogP contribution < -0.4 is 0 Å². The summed E-state index contributed by atoms with van der Waals surface area (Å²) in [4.78, 5) is 0. The zero-order valence-corrected chi connectivity index (χ0v) is 17.2. The summed E-state index contributed by atoms with van der Waals surface area (Å²) < 4.78 is 0. The molecule has 1 atom stereocenters. The fourth-order valence-corrected chi connectivity index (χ4v) is 0.757. The van der Waals surface area contributed by atoms with E-state index in [0.29, 0.717) is 0 Å². The van der Waals surface area contributed by atoms with E-state index in [0.717, 1.165) is 5.92 Å². The van der Waals surface area contributed by atoms with Crippen LogP contribution in [0.5, 0.6) is 0 Å². The molecule has 0 bridgehead atoms. The monoisotopic (exact) mass is 290 g/mol. The molecule has 0 aromatic rings. The first-order valence-electron chi connectivity index (χ1n) is 9.55. The zero-order valence-electron chi connectivity index (χ0n) is 17.2. The Morgan fingerprint density at radius 1 is 0.600 bits per heavy atom. The Bertz CT molecular complexity index is 72.1. The van der Waals surface area contributed by atoms with E-state index in [1.807, 2.05) is 13.8 Å². The maximum atomic E-state index is 2.33. The summed E-state index contributed by atoms with van der Waals surface area (Å²) >= 11 is 0. The van der Waals surface area contributed by atoms with Crippen molar-refractivity contribution in [1.29, 1.82) is 0 Å². The van der Waals surface area contributed by atoms with E-state index in [1.54, 1.807) is 0 Å². The normalized spacial score (nSPS) is 9.15. The second-order valence-corrected chi connectivity index (χ2v) is 5.07. The van der Waals surface area contributed by atoms with E-state index in [2.05, 4.69) is 62.3 Å². The highest BCUT2D eigenvalue weighted by molar-refractivity contribution is 4.47. The third-order valence-corrected chi connectivity index (χ3v) is 2.25. The summed E-state index contributed by atoms with van der Waals surface area (Å²) in [6.45, 7) is 23.7. The standard InChI is InChI=1S/C8H18.C4H10.2C3H8.C2H6/c1-4-6-7-8(3)5-2;1-3-4-2;2*1-3-2;1-2/h8H,4-7H2,1-3H3;3-4H2,1-2H3;2*3H2,1-2H3;1-2H3. The van der Waals surface area contributed by atoms with Gasteiger partial charge in [-0.15, -0.1) is 0 Å². The summed E-state index contributed by atoms with van der Waals surface area (Å²) in [5, 5.41) is 0. The van der Waals surface area contributed by atoms with Gasteiger partial charge < -0.3 is 0 Å². The molecule has 0 aromatic heterocycles. The Balaban J connectivity index is -0.0000000531. The van der Waals surface area contributed by atoms with Crippen LogP contribution in [0.15, 0.2) is 0 Å². The Hall–Kier alpha value is 0. The molecule has 1 unspecified atom stereocenters. The molecule has 0 saturated heterocycles. The SMILES string of the molecule is CC.CCC.CCC.CCCC.CCCCC(C)CC. The highest BCUT2D eigenvalue weighted by Crippen LogP contribution is 2.09. The second kappa shape index (κ2) is 50.9. The topological polar surface area (TPSA) is 0 Å². The summed E-state index contributed by atoms with van der Waals surface area (Å²) in [6, 6.07) is 0. The molecule has 0 aliphatic heterocycles. The molecule has 0 aliphatic rings. The first-order valence-corrected chi connectivity index (χ1v) is 9.55. The van der Waals surface area contributed by atoms with Crippen LogP contribution in [0.4, 0.5) is 0 Å². The molecule has 20 heavy (non-hydrogen) atoms. The van der Waals surface area contributed by atoms with Gasteiger partial charge in [0.1, 0.15) is 0 Å². The van der Waals surface area contributed by atoms with E-state index in [4.69, 9.17) is 0 Å². The first-order chi connectivity index (χ1) is 9.55. The van der Waals surface area contributed by atoms with Gasteiger partial charge in [0.05, 0.1) is 0 Å². The Morgan fingerprint density at radius 3 is 1.05 bits per heavy atom. The predicted octanol–water partition coefficient (Wildman–Crippen LogP) is 8.89. The summed E-state index contributed by atoms with van der Waals surface area (Å²) in [7, 11) is 0. The lowest BCUT2D eigenvalue weighted by Crippen LogP contribution is -1.89. The first kappa shape index (κ1) is 32.1. The van der Waals surface area contributed by atoms with Crippen molar-refractivity contribution >= 4 is 0 Å². The maximum absolute atomic E-state index is 2.33. The van der Waals surface area contributed by atoms with Crippen molar-refractivity contribution in [3.63, 3.8) is 0 Å². The molecule has 0 aromatic carbocycles. The molecule has 0 radical (unpaired) electrons. The van der Waals surface area contributed by atoms with Crippen LogP contribution in [0.25, 0.3) is 0 Å². The van der Waals surface area contributed by atoms with Crippen molar-refractivity contribution in [3.8, 4) is 0 Å². The molecule has 0 fully saturated rings. The molecule has 0 heteroatoms. The molecule has 0 heterocycles. The van der Waals surface area contributed by atoms with E-state index < -0.39 is 0 Å². The van der Waals surface area contributed by atoms with Crippen LogP contribution in [-0.4, -0.2) is 0 Å². The fraction of sp³-hybridized carbons (Fsp3) is 1.00. The molecular weight excluding hydrogens is 240 g/mol. The lowest BCUT2D eigenvalue weighted by atomic mass is 10.0. The average Bonchev–Trinajstić information content (AvgIpc) is 2.48. The largest absolute Gasteiger partial charge is 0.0683 e. The number of hydrogen-bond donors (Lipinski definition) is 0. The fourth-order valence-electron chi connectivity index (χ4n) is 0.757. The van der Waals surface area contributed by atoms with Gasteiger partial charge in [-0.25, -0.2) is 0 Å². The van der Waals surface area contributed by atoms with Crippen molar-refractivity contribution in [2.45, 2.75) is 128 Å². The van der Waals surface area contributed by atoms with Gasteiger partial charge in [0.15, 0.2) is 0 Å². The van der Waals surface area contributed by atoms with Gasteiger partial charge in [0.2, 0.25) is 0 Å². The van der Waals surface area contributed by atoms with Crippen molar-refractivity contribution < 1.29 is 0 Å². The maximum Gasteiger partial charge on any atom is -0.0445 e. The summed E-state index contributed by atoms with van der Waals surface area (Å²) in [5.74, 6) is 0.954. The molecule has 0 nitrogen and oxygen atoms in total. The molecule has 130 valence electrons. The third kappa shape index (κ3) is 106. The van der Waals surface area contributed by atoms with Gasteiger partial charge in [-0.05, 0) is 5.92 Å². The van der Waals surface area contributed by atoms with E-state index in [1.165, 1.54) is 51.4 Å². The smallest absolute Gasteiger partial charge is 0.0445 e. The van der Waals surface area contributed by atoms with E-state index >= 15 is 0 Å². The summed E-state index contributed by atoms with van der Waals surface area (Å²) in [5.41, 5.74) is 0. The number of hydrogen-bond acceptors (Lipinski definition) is 0. The minimum absolute atomic E-state index is 0.954. The van der Waals surface area contributed by atoms with Crippen molar-refractivity contribution in [2.75, 3.05) is 0 Å². The number of rotatable bonds is 5. The molecule has 0 spiro atoms. The molecular formula is C20H50. The molecule has 0 saturated carbocycles. The van der Waals surface area contributed by atoms with Crippen molar-refractivity contribution in [1.82, 2.24) is 0 Å².